The minimum absolute atomic E-state index is 0. The molecule has 0 aromatic rings. The van der Waals surface area contributed by atoms with Gasteiger partial charge in [-0.25, -0.2) is 0 Å². The summed E-state index contributed by atoms with van der Waals surface area (Å²) in [4.78, 5) is 0. The molecule has 0 rings (SSSR count). The number of rotatable bonds is 1. The molecule has 0 N–H and O–H groups in total. The van der Waals surface area contributed by atoms with Gasteiger partial charge < -0.3 is 0 Å². The summed E-state index contributed by atoms with van der Waals surface area (Å²) in [7, 11) is 0. The maximum atomic E-state index is 6.83. The second-order valence-electron chi connectivity index (χ2n) is 1.52. The Labute approximate surface area is 56.7 Å². The zero-order chi connectivity index (χ0) is 6.99. The van der Waals surface area contributed by atoms with Crippen molar-refractivity contribution in [3.8, 4) is 0 Å². The molecule has 0 amide bonds. The highest BCUT2D eigenvalue weighted by molar-refractivity contribution is 4.12. The van der Waals surface area contributed by atoms with E-state index in [1.54, 1.807) is 0 Å². The Balaban J connectivity index is -0.0000000800. The zero-order valence-corrected chi connectivity index (χ0v) is 5.99. The predicted octanol–water partition coefficient (Wildman–Crippen LogP) is 3.86. The molecule has 0 aromatic heterocycles. The van der Waals surface area contributed by atoms with Crippen LogP contribution in [0.4, 0.5) is 0 Å². The van der Waals surface area contributed by atoms with Crippen molar-refractivity contribution in [1.82, 2.24) is 0 Å². The first-order valence-corrected chi connectivity index (χ1v) is 3.11. The molecule has 0 heterocycles. The van der Waals surface area contributed by atoms with Crippen LogP contribution in [0.5, 0.6) is 0 Å². The first-order valence-electron chi connectivity index (χ1n) is 3.68. The van der Waals surface area contributed by atoms with E-state index in [0.29, 0.717) is 0 Å². The van der Waals surface area contributed by atoms with Gasteiger partial charge in [-0.05, 0) is 0 Å². The Morgan fingerprint density at radius 1 is 1.12 bits per heavy atom. The van der Waals surface area contributed by atoms with Crippen molar-refractivity contribution in [2.45, 2.75) is 54.4 Å². The van der Waals surface area contributed by atoms with Crippen molar-refractivity contribution in [2.75, 3.05) is 0 Å². The third-order valence-corrected chi connectivity index (χ3v) is 0.408. The third kappa shape index (κ3) is 150. The Morgan fingerprint density at radius 3 is 1.25 bits per heavy atom. The first-order chi connectivity index (χ1) is 3.68. The monoisotopic (exact) mass is 120 g/mol. The van der Waals surface area contributed by atoms with Gasteiger partial charge in [0.15, 0.2) is 0 Å². The van der Waals surface area contributed by atoms with Crippen molar-refractivity contribution in [3.05, 3.63) is 0 Å². The maximum absolute atomic E-state index is 6.83. The third-order valence-electron chi connectivity index (χ3n) is 0.408. The van der Waals surface area contributed by atoms with E-state index in [1.807, 2.05) is 13.8 Å². The minimum atomic E-state index is 0. The number of hydrogen-bond donors (Lipinski definition) is 0. The van der Waals surface area contributed by atoms with E-state index in [4.69, 9.17) is 1.37 Å². The second kappa shape index (κ2) is 28.0. The van der Waals surface area contributed by atoms with E-state index in [0.717, 1.165) is 6.42 Å². The second-order valence-corrected chi connectivity index (χ2v) is 1.52. The average Bonchev–Trinajstić information content (AvgIpc) is 1.69. The van der Waals surface area contributed by atoms with Gasteiger partial charge in [0, 0.05) is 1.37 Å². The molecule has 1 unspecified atom stereocenters. The smallest absolute Gasteiger partial charge is 0.0264 e. The van der Waals surface area contributed by atoms with E-state index in [-0.39, 0.29) is 13.8 Å². The van der Waals surface area contributed by atoms with Gasteiger partial charge in [-0.2, -0.15) is 0 Å². The molecule has 0 nitrogen and oxygen atoms in total. The summed E-state index contributed by atoms with van der Waals surface area (Å²) < 4.78 is 6.83. The van der Waals surface area contributed by atoms with Gasteiger partial charge >= 0.3 is 0 Å². The molecular weight excluding hydrogens is 96.1 g/mol. The normalized spacial score (nSPS) is 11.8. The van der Waals surface area contributed by atoms with Crippen LogP contribution >= 0.6 is 0 Å². The molecule has 0 fully saturated rings. The quantitative estimate of drug-likeness (QED) is 0.493. The van der Waals surface area contributed by atoms with Gasteiger partial charge in [-0.15, -0.1) is 0 Å². The highest BCUT2D eigenvalue weighted by atomic mass is 13.6. The van der Waals surface area contributed by atoms with Crippen LogP contribution in [0.3, 0.4) is 0 Å². The lowest BCUT2D eigenvalue weighted by atomic mass is 10.4. The molecule has 0 bridgehead atoms. The van der Waals surface area contributed by atoms with Crippen LogP contribution in [-0.4, -0.2) is 0 Å². The first kappa shape index (κ1) is 10.9. The fourth-order valence-corrected chi connectivity index (χ4v) is 0. The predicted molar refractivity (Wildman–Crippen MR) is 43.3 cm³/mol. The lowest BCUT2D eigenvalue weighted by molar-refractivity contribution is 0.886. The molecule has 0 aromatic carbocycles. The van der Waals surface area contributed by atoms with Crippen LogP contribution in [0, 0.1) is 0 Å². The van der Waals surface area contributed by atoms with E-state index >= 15 is 0 Å². The lowest BCUT2D eigenvalue weighted by Crippen LogP contribution is -1.47. The summed E-state index contributed by atoms with van der Waals surface area (Å²) in [5, 5.41) is 0. The standard InChI is InChI=1S/C4H10.C3H8.CH4/c1-3-4-2;1-3-2;/h3-4H2,1-2H3;3H2,1-2H3;1H4/i3T;;. The Morgan fingerprint density at radius 2 is 1.25 bits per heavy atom. The molecule has 0 heteroatoms. The minimum Gasteiger partial charge on any atom is -0.0776 e. The maximum Gasteiger partial charge on any atom is 0.0264 e. The largest absolute Gasteiger partial charge is 0.0776 e. The van der Waals surface area contributed by atoms with Crippen LogP contribution in [-0.2, 0) is 0 Å². The van der Waals surface area contributed by atoms with E-state index < -0.39 is 0 Å². The Bertz CT molecular complexity index is 25.7. The Kier molecular flexibility index (Phi) is 38.1. The van der Waals surface area contributed by atoms with Crippen LogP contribution in [0.2, 0.25) is 0 Å². The molecule has 54 valence electrons. The Hall–Kier alpha value is 0. The highest BCUT2D eigenvalue weighted by Crippen LogP contribution is 1.76. The van der Waals surface area contributed by atoms with Crippen LogP contribution in [0.25, 0.3) is 0 Å². The van der Waals surface area contributed by atoms with Crippen molar-refractivity contribution in [3.63, 3.8) is 0 Å². The fourth-order valence-electron chi connectivity index (χ4n) is 0. The van der Waals surface area contributed by atoms with Gasteiger partial charge in [-0.1, -0.05) is 54.4 Å². The zero-order valence-electron chi connectivity index (χ0n) is 6.99. The van der Waals surface area contributed by atoms with Gasteiger partial charge in [0.25, 0.3) is 0 Å². The molecule has 1 atom stereocenters. The van der Waals surface area contributed by atoms with E-state index in [9.17, 15) is 0 Å². The number of hydrogen-bond acceptors (Lipinski definition) is 0. The molecule has 0 saturated carbocycles. The molecule has 0 saturated heterocycles. The molecule has 0 aliphatic heterocycles. The molecule has 8 heavy (non-hydrogen) atoms. The molecule has 0 radical (unpaired) electrons. The van der Waals surface area contributed by atoms with E-state index in [1.165, 1.54) is 6.42 Å². The van der Waals surface area contributed by atoms with Gasteiger partial charge in [0.1, 0.15) is 0 Å². The molecule has 0 spiro atoms. The van der Waals surface area contributed by atoms with E-state index in [2.05, 4.69) is 13.8 Å². The van der Waals surface area contributed by atoms with Crippen LogP contribution in [0.15, 0.2) is 0 Å². The summed E-state index contributed by atoms with van der Waals surface area (Å²) in [5.41, 5.74) is 0. The molecule has 0 aliphatic rings. The van der Waals surface area contributed by atoms with Crippen molar-refractivity contribution in [2.24, 2.45) is 0 Å². The summed E-state index contributed by atoms with van der Waals surface area (Å²) in [6.45, 7) is 8.15. The SMILES string of the molecule is C.CCC.[3H]C(C)CC. The van der Waals surface area contributed by atoms with Gasteiger partial charge in [0.05, 0.1) is 0 Å². The summed E-state index contributed by atoms with van der Waals surface area (Å²) in [6.07, 6.45) is 2.36. The molecular formula is C8H22. The van der Waals surface area contributed by atoms with Crippen LogP contribution in [0.1, 0.15) is 55.7 Å². The fraction of sp³-hybridized carbons (Fsp3) is 1.00. The lowest BCUT2D eigenvalue weighted by Gasteiger charge is -1.68. The summed E-state index contributed by atoms with van der Waals surface area (Å²) in [6, 6.07) is 0. The molecule has 0 aliphatic carbocycles. The average molecular weight is 120 g/mol. The topological polar surface area (TPSA) is 0 Å². The summed E-state index contributed by atoms with van der Waals surface area (Å²) >= 11 is 0. The highest BCUT2D eigenvalue weighted by Gasteiger charge is 1.56. The van der Waals surface area contributed by atoms with Gasteiger partial charge in [0.2, 0.25) is 0 Å². The summed E-state index contributed by atoms with van der Waals surface area (Å²) in [5.74, 6) is 0. The van der Waals surface area contributed by atoms with Crippen molar-refractivity contribution >= 4 is 0 Å². The van der Waals surface area contributed by atoms with Crippen LogP contribution < -0.4 is 0 Å². The van der Waals surface area contributed by atoms with Crippen molar-refractivity contribution < 1.29 is 1.37 Å². The van der Waals surface area contributed by atoms with Crippen molar-refractivity contribution in [1.29, 1.82) is 0 Å². The van der Waals surface area contributed by atoms with Gasteiger partial charge in [-0.3, -0.25) is 0 Å².